The first-order valence-corrected chi connectivity index (χ1v) is 10.1. The number of carbonyl (C=O) groups excluding carboxylic acids is 1. The Kier molecular flexibility index (Phi) is 5.38. The van der Waals surface area contributed by atoms with E-state index in [0.29, 0.717) is 6.42 Å². The van der Waals surface area contributed by atoms with Crippen LogP contribution in [-0.2, 0) is 4.79 Å². The first-order valence-electron chi connectivity index (χ1n) is 10.1. The van der Waals surface area contributed by atoms with Crippen LogP contribution in [0.15, 0.2) is 30.3 Å². The van der Waals surface area contributed by atoms with Crippen LogP contribution < -0.4 is 10.1 Å². The second-order valence-electron chi connectivity index (χ2n) is 7.47. The van der Waals surface area contributed by atoms with Gasteiger partial charge in [-0.25, -0.2) is 4.98 Å². The Hall–Kier alpha value is -3.09. The van der Waals surface area contributed by atoms with Gasteiger partial charge in [0.25, 0.3) is 0 Å². The molecule has 29 heavy (non-hydrogen) atoms. The van der Waals surface area contributed by atoms with Crippen molar-refractivity contribution in [3.8, 4) is 16.9 Å². The van der Waals surface area contributed by atoms with Crippen molar-refractivity contribution in [2.75, 3.05) is 32.1 Å². The van der Waals surface area contributed by atoms with E-state index in [0.717, 1.165) is 72.2 Å². The number of aryl methyl sites for hydroxylation is 2. The maximum absolute atomic E-state index is 11.7. The van der Waals surface area contributed by atoms with Crippen LogP contribution in [0, 0.1) is 13.8 Å². The van der Waals surface area contributed by atoms with Crippen molar-refractivity contribution >= 4 is 17.4 Å². The lowest BCUT2D eigenvalue weighted by Gasteiger charge is -2.16. The molecule has 0 bridgehead atoms. The number of amides is 1. The van der Waals surface area contributed by atoms with Crippen LogP contribution in [0.5, 0.6) is 5.75 Å². The molecule has 0 saturated carbocycles. The number of benzene rings is 1. The Morgan fingerprint density at radius 1 is 1.21 bits per heavy atom. The van der Waals surface area contributed by atoms with Gasteiger partial charge in [-0.2, -0.15) is 9.61 Å². The van der Waals surface area contributed by atoms with Crippen molar-refractivity contribution in [3.63, 3.8) is 0 Å². The van der Waals surface area contributed by atoms with E-state index in [1.54, 1.807) is 7.11 Å². The molecule has 3 heterocycles. The molecule has 7 heteroatoms. The van der Waals surface area contributed by atoms with Crippen molar-refractivity contribution in [1.29, 1.82) is 0 Å². The largest absolute Gasteiger partial charge is 0.497 e. The number of nitrogens with one attached hydrogen (secondary N) is 1. The maximum atomic E-state index is 11.7. The minimum absolute atomic E-state index is 0.277. The van der Waals surface area contributed by atoms with E-state index in [1.807, 2.05) is 53.6 Å². The first kappa shape index (κ1) is 19.2. The molecule has 2 aromatic heterocycles. The highest BCUT2D eigenvalue weighted by Gasteiger charge is 2.19. The second-order valence-corrected chi connectivity index (χ2v) is 7.47. The normalized spacial score (nSPS) is 14.0. The third-order valence-electron chi connectivity index (χ3n) is 5.35. The fraction of sp³-hybridized carbons (Fsp3) is 0.409. The molecule has 1 amide bonds. The molecule has 0 unspecified atom stereocenters. The highest BCUT2D eigenvalue weighted by molar-refractivity contribution is 5.81. The van der Waals surface area contributed by atoms with Gasteiger partial charge in [-0.05, 0) is 44.4 Å². The summed E-state index contributed by atoms with van der Waals surface area (Å²) in [4.78, 5) is 18.5. The van der Waals surface area contributed by atoms with Crippen molar-refractivity contribution in [2.24, 2.45) is 0 Å². The molecule has 0 atom stereocenters. The van der Waals surface area contributed by atoms with Gasteiger partial charge in [0.05, 0.1) is 12.8 Å². The van der Waals surface area contributed by atoms with E-state index in [2.05, 4.69) is 5.32 Å². The number of nitrogens with zero attached hydrogens (tertiary/aromatic N) is 4. The zero-order valence-electron chi connectivity index (χ0n) is 17.2. The molecule has 1 N–H and O–H groups in total. The molecule has 7 nitrogen and oxygen atoms in total. The van der Waals surface area contributed by atoms with Gasteiger partial charge in [-0.3, -0.25) is 4.79 Å². The lowest BCUT2D eigenvalue weighted by Crippen LogP contribution is -2.27. The quantitative estimate of drug-likeness (QED) is 0.623. The summed E-state index contributed by atoms with van der Waals surface area (Å²) in [5.74, 6) is 2.02. The van der Waals surface area contributed by atoms with Gasteiger partial charge in [0, 0.05) is 43.4 Å². The molecular formula is C22H27N5O2. The summed E-state index contributed by atoms with van der Waals surface area (Å²) >= 11 is 0. The first-order chi connectivity index (χ1) is 14.1. The number of hydrogen-bond acceptors (Lipinski definition) is 5. The van der Waals surface area contributed by atoms with Crippen LogP contribution in [0.2, 0.25) is 0 Å². The number of carbonyl (C=O) groups is 1. The van der Waals surface area contributed by atoms with Gasteiger partial charge in [-0.15, -0.1) is 0 Å². The molecule has 1 aliphatic heterocycles. The minimum atomic E-state index is 0.277. The van der Waals surface area contributed by atoms with Gasteiger partial charge in [-0.1, -0.05) is 12.1 Å². The molecule has 3 aromatic rings. The van der Waals surface area contributed by atoms with E-state index in [-0.39, 0.29) is 5.91 Å². The van der Waals surface area contributed by atoms with Gasteiger partial charge in [0.15, 0.2) is 5.65 Å². The van der Waals surface area contributed by atoms with Crippen LogP contribution in [0.3, 0.4) is 0 Å². The molecule has 1 aromatic carbocycles. The van der Waals surface area contributed by atoms with E-state index in [9.17, 15) is 4.79 Å². The minimum Gasteiger partial charge on any atom is -0.497 e. The Labute approximate surface area is 170 Å². The van der Waals surface area contributed by atoms with E-state index in [4.69, 9.17) is 14.8 Å². The van der Waals surface area contributed by atoms with Crippen LogP contribution >= 0.6 is 0 Å². The van der Waals surface area contributed by atoms with Crippen LogP contribution in [0.1, 0.15) is 30.7 Å². The zero-order valence-corrected chi connectivity index (χ0v) is 17.2. The molecule has 1 saturated heterocycles. The Balaban J connectivity index is 1.56. The summed E-state index contributed by atoms with van der Waals surface area (Å²) in [5, 5.41) is 8.22. The lowest BCUT2D eigenvalue weighted by atomic mass is 10.1. The number of hydrogen-bond donors (Lipinski definition) is 1. The van der Waals surface area contributed by atoms with Crippen molar-refractivity contribution in [3.05, 3.63) is 41.7 Å². The lowest BCUT2D eigenvalue weighted by molar-refractivity contribution is -0.127. The Bertz CT molecular complexity index is 1030. The number of aromatic nitrogens is 3. The number of fused-ring (bicyclic) bond motifs is 1. The second kappa shape index (κ2) is 8.11. The van der Waals surface area contributed by atoms with E-state index < -0.39 is 0 Å². The van der Waals surface area contributed by atoms with Gasteiger partial charge in [0.2, 0.25) is 5.91 Å². The summed E-state index contributed by atoms with van der Waals surface area (Å²) in [6.45, 7) is 6.47. The third kappa shape index (κ3) is 3.90. The molecule has 0 spiro atoms. The fourth-order valence-electron chi connectivity index (χ4n) is 3.89. The summed E-state index contributed by atoms with van der Waals surface area (Å²) in [6, 6.07) is 9.98. The predicted molar refractivity (Wildman–Crippen MR) is 113 cm³/mol. The Morgan fingerprint density at radius 3 is 2.69 bits per heavy atom. The summed E-state index contributed by atoms with van der Waals surface area (Å²) < 4.78 is 7.15. The predicted octanol–water partition coefficient (Wildman–Crippen LogP) is 3.45. The molecule has 4 rings (SSSR count). The van der Waals surface area contributed by atoms with E-state index in [1.165, 1.54) is 0 Å². The molecule has 0 radical (unpaired) electrons. The van der Waals surface area contributed by atoms with Gasteiger partial charge in [0.1, 0.15) is 11.6 Å². The van der Waals surface area contributed by atoms with Crippen molar-refractivity contribution in [2.45, 2.75) is 33.1 Å². The highest BCUT2D eigenvalue weighted by Crippen LogP contribution is 2.30. The van der Waals surface area contributed by atoms with Crippen molar-refractivity contribution in [1.82, 2.24) is 19.5 Å². The molecule has 152 valence electrons. The monoisotopic (exact) mass is 393 g/mol. The average Bonchev–Trinajstić information content (AvgIpc) is 3.27. The topological polar surface area (TPSA) is 71.8 Å². The number of rotatable bonds is 7. The van der Waals surface area contributed by atoms with Crippen LogP contribution in [-0.4, -0.2) is 52.1 Å². The van der Waals surface area contributed by atoms with E-state index >= 15 is 0 Å². The highest BCUT2D eigenvalue weighted by atomic mass is 16.5. The third-order valence-corrected chi connectivity index (χ3v) is 5.35. The molecular weight excluding hydrogens is 366 g/mol. The molecule has 0 aliphatic carbocycles. The van der Waals surface area contributed by atoms with Crippen LogP contribution in [0.4, 0.5) is 5.82 Å². The summed E-state index contributed by atoms with van der Waals surface area (Å²) in [7, 11) is 1.66. The van der Waals surface area contributed by atoms with Crippen molar-refractivity contribution < 1.29 is 9.53 Å². The molecule has 1 fully saturated rings. The summed E-state index contributed by atoms with van der Waals surface area (Å²) in [5.41, 5.74) is 4.80. The number of anilines is 1. The van der Waals surface area contributed by atoms with Gasteiger partial charge < -0.3 is 15.0 Å². The van der Waals surface area contributed by atoms with Gasteiger partial charge >= 0.3 is 0 Å². The Morgan fingerprint density at radius 2 is 2.00 bits per heavy atom. The molecule has 1 aliphatic rings. The fourth-order valence-corrected chi connectivity index (χ4v) is 3.89. The number of likely N-dealkylation sites (tertiary alicyclic amines) is 1. The smallest absolute Gasteiger partial charge is 0.222 e. The average molecular weight is 393 g/mol. The maximum Gasteiger partial charge on any atom is 0.222 e. The number of ether oxygens (including phenoxy) is 1. The SMILES string of the molecule is COc1ccc(-c2c(C)nn3c(NCCCN4CCCC4=O)cc(C)nc23)cc1. The standard InChI is InChI=1S/C22H27N5O2/c1-15-14-19(23-11-5-13-26-12-4-6-20(26)28)27-22(24-15)21(16(2)25-27)17-7-9-18(29-3)10-8-17/h7-10,14,23H,4-6,11-13H2,1-3H3. The van der Waals surface area contributed by atoms with Crippen LogP contribution in [0.25, 0.3) is 16.8 Å². The number of methoxy groups -OCH3 is 1. The zero-order chi connectivity index (χ0) is 20.4. The summed E-state index contributed by atoms with van der Waals surface area (Å²) in [6.07, 6.45) is 2.58.